The van der Waals surface area contributed by atoms with Gasteiger partial charge in [-0.05, 0) is 70.2 Å². The fourth-order valence-corrected chi connectivity index (χ4v) is 2.20. The third kappa shape index (κ3) is 2.00. The number of fused-ring (bicyclic) bond motifs is 1. The lowest BCUT2D eigenvalue weighted by Gasteiger charge is -2.24. The van der Waals surface area contributed by atoms with Crippen LogP contribution in [-0.2, 0) is 17.3 Å². The molecule has 0 saturated heterocycles. The van der Waals surface area contributed by atoms with E-state index in [-0.39, 0.29) is 0 Å². The summed E-state index contributed by atoms with van der Waals surface area (Å²) in [5.41, 5.74) is 0.688. The smallest absolute Gasteiger partial charge is 0.0280 e. The average molecular weight is 216 g/mol. The quantitative estimate of drug-likeness (QED) is 0.633. The third-order valence-electron chi connectivity index (χ3n) is 3.20. The number of hydrogen-bond acceptors (Lipinski definition) is 0. The number of terminal acetylenes is 1. The van der Waals surface area contributed by atoms with Crippen LogP contribution in [0.15, 0.2) is 12.1 Å². The third-order valence-corrected chi connectivity index (χ3v) is 3.20. The van der Waals surface area contributed by atoms with Gasteiger partial charge < -0.3 is 0 Å². The minimum absolute atomic E-state index is 0.534. The van der Waals surface area contributed by atoms with E-state index in [2.05, 4.69) is 5.92 Å². The van der Waals surface area contributed by atoms with Gasteiger partial charge >= 0.3 is 0 Å². The molecule has 80 valence electrons. The number of rotatable bonds is 1. The maximum Gasteiger partial charge on any atom is 0.0280 e. The minimum Gasteiger partial charge on any atom is -0.115 e. The van der Waals surface area contributed by atoms with Crippen LogP contribution in [0.4, 0.5) is 0 Å². The molecule has 1 aliphatic carbocycles. The SMILES string of the molecule is [CH]C([CH])([CH])c1cc(C#C)c2c(c1)C([CH])([CH])CC2. The predicted molar refractivity (Wildman–Crippen MR) is 67.6 cm³/mol. The van der Waals surface area contributed by atoms with Gasteiger partial charge in [-0.1, -0.05) is 12.0 Å². The first-order valence-electron chi connectivity index (χ1n) is 5.34. The summed E-state index contributed by atoms with van der Waals surface area (Å²) in [5, 5.41) is 0. The van der Waals surface area contributed by atoms with Crippen molar-refractivity contribution in [1.82, 2.24) is 0 Å². The Hall–Kier alpha value is -1.22. The summed E-state index contributed by atoms with van der Waals surface area (Å²) in [4.78, 5) is 0. The molecule has 0 unspecified atom stereocenters. The van der Waals surface area contributed by atoms with Gasteiger partial charge in [0.25, 0.3) is 0 Å². The van der Waals surface area contributed by atoms with E-state index in [1.807, 2.05) is 0 Å². The van der Waals surface area contributed by atoms with E-state index in [9.17, 15) is 0 Å². The van der Waals surface area contributed by atoms with Crippen molar-refractivity contribution in [3.05, 3.63) is 69.0 Å². The summed E-state index contributed by atoms with van der Waals surface area (Å²) < 4.78 is 0. The molecule has 0 spiro atoms. The summed E-state index contributed by atoms with van der Waals surface area (Å²) in [6, 6.07) is 3.48. The van der Waals surface area contributed by atoms with E-state index in [0.29, 0.717) is 17.5 Å². The first kappa shape index (κ1) is 12.2. The average Bonchev–Trinajstić information content (AvgIpc) is 2.53. The van der Waals surface area contributed by atoms with Crippen molar-refractivity contribution < 1.29 is 0 Å². The number of benzene rings is 1. The van der Waals surface area contributed by atoms with Crippen molar-refractivity contribution in [3.8, 4) is 12.3 Å². The highest BCUT2D eigenvalue weighted by molar-refractivity contribution is 5.55. The lowest BCUT2D eigenvalue weighted by Crippen LogP contribution is -2.17. The van der Waals surface area contributed by atoms with Crippen LogP contribution in [0.2, 0.25) is 0 Å². The maximum atomic E-state index is 6.01. The normalized spacial score (nSPS) is 17.6. The van der Waals surface area contributed by atoms with Gasteiger partial charge in [0, 0.05) is 16.4 Å². The Morgan fingerprint density at radius 3 is 2.35 bits per heavy atom. The van der Waals surface area contributed by atoms with Gasteiger partial charge in [0.15, 0.2) is 0 Å². The van der Waals surface area contributed by atoms with Gasteiger partial charge in [-0.2, -0.15) is 0 Å². The summed E-state index contributed by atoms with van der Waals surface area (Å²) >= 11 is 0. The molecule has 1 aromatic carbocycles. The van der Waals surface area contributed by atoms with E-state index in [1.165, 1.54) is 0 Å². The van der Waals surface area contributed by atoms with E-state index < -0.39 is 10.8 Å². The molecular formula is C17H12. The predicted octanol–water partition coefficient (Wildman–Crippen LogP) is 2.65. The Bertz CT molecular complexity index is 490. The molecule has 0 saturated carbocycles. The minimum atomic E-state index is -1.45. The zero-order chi connectivity index (χ0) is 12.8. The lowest BCUT2D eigenvalue weighted by atomic mass is 9.79. The molecule has 2 rings (SSSR count). The van der Waals surface area contributed by atoms with Crippen LogP contribution in [-0.4, -0.2) is 0 Å². The first-order valence-corrected chi connectivity index (χ1v) is 5.34. The second kappa shape index (κ2) is 3.64. The highest BCUT2D eigenvalue weighted by Gasteiger charge is 2.33. The highest BCUT2D eigenvalue weighted by atomic mass is 14.4. The van der Waals surface area contributed by atoms with Gasteiger partial charge in [0.2, 0.25) is 0 Å². The van der Waals surface area contributed by atoms with Crippen molar-refractivity contribution in [2.24, 2.45) is 0 Å². The van der Waals surface area contributed by atoms with Crippen LogP contribution >= 0.6 is 0 Å². The molecule has 1 aliphatic rings. The molecule has 0 heterocycles. The molecule has 0 bridgehead atoms. The molecular weight excluding hydrogens is 204 g/mol. The fourth-order valence-electron chi connectivity index (χ4n) is 2.20. The molecule has 10 radical (unpaired) electrons. The molecule has 1 aromatic rings. The second-order valence-corrected chi connectivity index (χ2v) is 4.67. The van der Waals surface area contributed by atoms with Gasteiger partial charge in [0.1, 0.15) is 0 Å². The molecule has 0 heteroatoms. The van der Waals surface area contributed by atoms with Crippen LogP contribution in [0.5, 0.6) is 0 Å². The van der Waals surface area contributed by atoms with Crippen LogP contribution in [0, 0.1) is 47.0 Å². The number of hydrogen-bond donors (Lipinski definition) is 0. The van der Waals surface area contributed by atoms with Crippen molar-refractivity contribution in [3.63, 3.8) is 0 Å². The van der Waals surface area contributed by atoms with Gasteiger partial charge in [0.05, 0.1) is 0 Å². The molecule has 0 atom stereocenters. The Kier molecular flexibility index (Phi) is 2.62. The molecule has 0 aromatic heterocycles. The Morgan fingerprint density at radius 2 is 1.82 bits per heavy atom. The van der Waals surface area contributed by atoms with Crippen molar-refractivity contribution >= 4 is 0 Å². The zero-order valence-corrected chi connectivity index (χ0v) is 9.53. The highest BCUT2D eigenvalue weighted by Crippen LogP contribution is 2.41. The molecule has 0 N–H and O–H groups in total. The van der Waals surface area contributed by atoms with E-state index >= 15 is 0 Å². The molecule has 17 heavy (non-hydrogen) atoms. The van der Waals surface area contributed by atoms with Crippen LogP contribution < -0.4 is 0 Å². The topological polar surface area (TPSA) is 0 Å². The summed E-state index contributed by atoms with van der Waals surface area (Å²) in [7, 11) is 0. The zero-order valence-electron chi connectivity index (χ0n) is 9.53. The fraction of sp³-hybridized carbons (Fsp3) is 0.235. The first-order chi connectivity index (χ1) is 7.75. The molecule has 0 aliphatic heterocycles. The van der Waals surface area contributed by atoms with Gasteiger partial charge in [-0.25, -0.2) is 0 Å². The Balaban J connectivity index is 2.69. The van der Waals surface area contributed by atoms with Gasteiger partial charge in [-0.3, -0.25) is 0 Å². The standard InChI is InChI=1S/C17H12/c1-7-12-10-13(16(2,3)4)11-15-14(12)8-9-17(15,5)6/h1-6,10-11H,8-9H2. The summed E-state index contributed by atoms with van der Waals surface area (Å²) in [5.74, 6) is 2.60. The Morgan fingerprint density at radius 1 is 1.18 bits per heavy atom. The van der Waals surface area contributed by atoms with E-state index in [1.54, 1.807) is 12.1 Å². The van der Waals surface area contributed by atoms with Crippen LogP contribution in [0.25, 0.3) is 0 Å². The Labute approximate surface area is 105 Å². The van der Waals surface area contributed by atoms with Crippen molar-refractivity contribution in [2.75, 3.05) is 0 Å². The van der Waals surface area contributed by atoms with Crippen LogP contribution in [0.1, 0.15) is 28.7 Å². The van der Waals surface area contributed by atoms with Crippen molar-refractivity contribution in [2.45, 2.75) is 23.7 Å². The largest absolute Gasteiger partial charge is 0.115 e. The second-order valence-electron chi connectivity index (χ2n) is 4.67. The maximum absolute atomic E-state index is 6.01. The van der Waals surface area contributed by atoms with E-state index in [4.69, 9.17) is 41.0 Å². The van der Waals surface area contributed by atoms with E-state index in [0.717, 1.165) is 17.5 Å². The van der Waals surface area contributed by atoms with Gasteiger partial charge in [-0.15, -0.1) is 6.42 Å². The van der Waals surface area contributed by atoms with Crippen molar-refractivity contribution in [1.29, 1.82) is 0 Å². The summed E-state index contributed by atoms with van der Waals surface area (Å²) in [6.07, 6.45) is 6.87. The molecule has 0 fully saturated rings. The summed E-state index contributed by atoms with van der Waals surface area (Å²) in [6.45, 7) is 29.0. The lowest BCUT2D eigenvalue weighted by molar-refractivity contribution is 0.649. The monoisotopic (exact) mass is 216 g/mol. The molecule has 0 nitrogen and oxygen atoms in total. The molecule has 0 amide bonds. The van der Waals surface area contributed by atoms with Crippen LogP contribution in [0.3, 0.4) is 0 Å².